The summed E-state index contributed by atoms with van der Waals surface area (Å²) in [6.45, 7) is 2.54. The highest BCUT2D eigenvalue weighted by Gasteiger charge is 2.33. The van der Waals surface area contributed by atoms with Gasteiger partial charge in [0.05, 0.1) is 4.90 Å². The molecule has 0 radical (unpaired) electrons. The predicted octanol–water partition coefficient (Wildman–Crippen LogP) is 3.69. The van der Waals surface area contributed by atoms with Crippen molar-refractivity contribution in [2.75, 3.05) is 13.1 Å². The van der Waals surface area contributed by atoms with Crippen LogP contribution in [-0.2, 0) is 21.9 Å². The van der Waals surface area contributed by atoms with Crippen LogP contribution in [0.5, 0.6) is 0 Å². The van der Waals surface area contributed by atoms with E-state index in [1.54, 1.807) is 42.6 Å². The summed E-state index contributed by atoms with van der Waals surface area (Å²) in [6.07, 6.45) is 4.45. The minimum atomic E-state index is -3.56. The van der Waals surface area contributed by atoms with Crippen LogP contribution in [0.4, 0.5) is 0 Å². The molecule has 1 aromatic heterocycles. The molecular formula is C24H27ClN4O3S. The zero-order chi connectivity index (χ0) is 23.6. The summed E-state index contributed by atoms with van der Waals surface area (Å²) in [4.78, 5) is 17.9. The molecule has 33 heavy (non-hydrogen) atoms. The lowest BCUT2D eigenvalue weighted by molar-refractivity contribution is -0.126. The normalized spacial score (nSPS) is 16.5. The summed E-state index contributed by atoms with van der Waals surface area (Å²) in [5.74, 6) is 0.333. The van der Waals surface area contributed by atoms with Gasteiger partial charge in [-0.25, -0.2) is 13.4 Å². The number of aryl methyl sites for hydroxylation is 2. The predicted molar refractivity (Wildman–Crippen MR) is 127 cm³/mol. The summed E-state index contributed by atoms with van der Waals surface area (Å²) in [5.41, 5.74) is 1.88. The minimum absolute atomic E-state index is 0.106. The number of sulfonamides is 1. The van der Waals surface area contributed by atoms with Crippen molar-refractivity contribution in [1.82, 2.24) is 19.2 Å². The van der Waals surface area contributed by atoms with Crippen LogP contribution in [0.1, 0.15) is 35.8 Å². The molecule has 9 heteroatoms. The highest BCUT2D eigenvalue weighted by Crippen LogP contribution is 2.27. The third-order valence-electron chi connectivity index (χ3n) is 6.09. The number of rotatable bonds is 6. The van der Waals surface area contributed by atoms with Crippen LogP contribution in [0.15, 0.2) is 65.8 Å². The van der Waals surface area contributed by atoms with Crippen LogP contribution in [0, 0.1) is 12.8 Å². The molecule has 2 aromatic carbocycles. The zero-order valence-corrected chi connectivity index (χ0v) is 20.2. The number of piperidine rings is 1. The standard InChI is InChI=1S/C24H27ClN4O3S/c1-17-3-9-21(10-4-17)33(31,32)29-14-11-19(12-15-29)24(30)27-22(23-26-13-16-28(23)2)18-5-7-20(25)8-6-18/h3-10,13,16,19,22H,11-12,14-15H2,1-2H3,(H,27,30)/t22-/m0/s1. The second-order valence-electron chi connectivity index (χ2n) is 8.38. The number of amides is 1. The van der Waals surface area contributed by atoms with Crippen molar-refractivity contribution in [3.63, 3.8) is 0 Å². The quantitative estimate of drug-likeness (QED) is 0.576. The number of halogens is 1. The average molecular weight is 487 g/mol. The number of carbonyl (C=O) groups excluding carboxylic acids is 1. The molecule has 1 saturated heterocycles. The molecule has 1 aliphatic heterocycles. The first-order valence-electron chi connectivity index (χ1n) is 10.9. The molecule has 0 bridgehead atoms. The number of benzene rings is 2. The molecule has 0 aliphatic carbocycles. The number of hydrogen-bond acceptors (Lipinski definition) is 4. The Morgan fingerprint density at radius 2 is 1.73 bits per heavy atom. The van der Waals surface area contributed by atoms with Gasteiger partial charge in [-0.3, -0.25) is 4.79 Å². The Kier molecular flexibility index (Phi) is 6.88. The first-order chi connectivity index (χ1) is 15.8. The monoisotopic (exact) mass is 486 g/mol. The first kappa shape index (κ1) is 23.5. The second kappa shape index (κ2) is 9.67. The van der Waals surface area contributed by atoms with Crippen LogP contribution in [0.25, 0.3) is 0 Å². The van der Waals surface area contributed by atoms with Crippen molar-refractivity contribution in [1.29, 1.82) is 0 Å². The fraction of sp³-hybridized carbons (Fsp3) is 0.333. The third kappa shape index (κ3) is 5.13. The fourth-order valence-corrected chi connectivity index (χ4v) is 5.68. The number of nitrogens with zero attached hydrogens (tertiary/aromatic N) is 3. The van der Waals surface area contributed by atoms with Gasteiger partial charge in [-0.2, -0.15) is 4.31 Å². The van der Waals surface area contributed by atoms with E-state index >= 15 is 0 Å². The van der Waals surface area contributed by atoms with E-state index in [1.165, 1.54) is 4.31 Å². The maximum absolute atomic E-state index is 13.2. The maximum Gasteiger partial charge on any atom is 0.243 e. The minimum Gasteiger partial charge on any atom is -0.342 e. The van der Waals surface area contributed by atoms with Crippen molar-refractivity contribution in [3.8, 4) is 0 Å². The van der Waals surface area contributed by atoms with Crippen LogP contribution >= 0.6 is 11.6 Å². The van der Waals surface area contributed by atoms with Crippen LogP contribution < -0.4 is 5.32 Å². The lowest BCUT2D eigenvalue weighted by Gasteiger charge is -2.31. The van der Waals surface area contributed by atoms with E-state index in [9.17, 15) is 13.2 Å². The van der Waals surface area contributed by atoms with Gasteiger partial charge in [0.2, 0.25) is 15.9 Å². The maximum atomic E-state index is 13.2. The topological polar surface area (TPSA) is 84.3 Å². The zero-order valence-electron chi connectivity index (χ0n) is 18.6. The molecular weight excluding hydrogens is 460 g/mol. The van der Waals surface area contributed by atoms with Crippen molar-refractivity contribution in [2.45, 2.75) is 30.7 Å². The lowest BCUT2D eigenvalue weighted by atomic mass is 9.96. The summed E-state index contributed by atoms with van der Waals surface area (Å²) in [7, 11) is -1.68. The Bertz CT molecular complexity index is 1220. The van der Waals surface area contributed by atoms with Crippen LogP contribution in [0.3, 0.4) is 0 Å². The molecule has 1 fully saturated rings. The Hall–Kier alpha value is -2.68. The van der Waals surface area contributed by atoms with Gasteiger partial charge < -0.3 is 9.88 Å². The number of imidazole rings is 1. The van der Waals surface area contributed by atoms with Gasteiger partial charge in [-0.15, -0.1) is 0 Å². The number of hydrogen-bond donors (Lipinski definition) is 1. The van der Waals surface area contributed by atoms with Gasteiger partial charge in [-0.1, -0.05) is 41.4 Å². The van der Waals surface area contributed by atoms with Crippen LogP contribution in [-0.4, -0.2) is 41.3 Å². The summed E-state index contributed by atoms with van der Waals surface area (Å²) in [6, 6.07) is 13.7. The van der Waals surface area contributed by atoms with E-state index in [0.717, 1.165) is 11.1 Å². The first-order valence-corrected chi connectivity index (χ1v) is 12.7. The molecule has 1 aliphatic rings. The lowest BCUT2D eigenvalue weighted by Crippen LogP contribution is -2.44. The molecule has 0 saturated carbocycles. The summed E-state index contributed by atoms with van der Waals surface area (Å²) < 4.78 is 29.3. The molecule has 0 spiro atoms. The van der Waals surface area contributed by atoms with Crippen molar-refractivity contribution >= 4 is 27.5 Å². The average Bonchev–Trinajstić information content (AvgIpc) is 3.24. The Morgan fingerprint density at radius 1 is 1.09 bits per heavy atom. The van der Waals surface area contributed by atoms with E-state index in [4.69, 9.17) is 11.6 Å². The van der Waals surface area contributed by atoms with Crippen molar-refractivity contribution in [3.05, 3.63) is 82.9 Å². The SMILES string of the molecule is Cc1ccc(S(=O)(=O)N2CCC(C(=O)N[C@@H](c3ccc(Cl)cc3)c3nccn3C)CC2)cc1. The summed E-state index contributed by atoms with van der Waals surface area (Å²) in [5, 5.41) is 3.74. The molecule has 1 atom stereocenters. The van der Waals surface area contributed by atoms with Gasteiger partial charge in [0.1, 0.15) is 11.9 Å². The number of nitrogens with one attached hydrogen (secondary N) is 1. The van der Waals surface area contributed by atoms with Gasteiger partial charge in [-0.05, 0) is 49.6 Å². The van der Waals surface area contributed by atoms with E-state index in [-0.39, 0.29) is 16.7 Å². The van der Waals surface area contributed by atoms with Gasteiger partial charge in [0.15, 0.2) is 0 Å². The van der Waals surface area contributed by atoms with Crippen molar-refractivity contribution in [2.24, 2.45) is 13.0 Å². The van der Waals surface area contributed by atoms with Crippen LogP contribution in [0.2, 0.25) is 5.02 Å². The highest BCUT2D eigenvalue weighted by atomic mass is 35.5. The largest absolute Gasteiger partial charge is 0.342 e. The molecule has 174 valence electrons. The highest BCUT2D eigenvalue weighted by molar-refractivity contribution is 7.89. The van der Waals surface area contributed by atoms with E-state index in [1.807, 2.05) is 36.9 Å². The van der Waals surface area contributed by atoms with Gasteiger partial charge in [0, 0.05) is 43.5 Å². The fourth-order valence-electron chi connectivity index (χ4n) is 4.09. The van der Waals surface area contributed by atoms with Gasteiger partial charge >= 0.3 is 0 Å². The molecule has 3 aromatic rings. The molecule has 7 nitrogen and oxygen atoms in total. The van der Waals surface area contributed by atoms with E-state index in [0.29, 0.717) is 36.8 Å². The van der Waals surface area contributed by atoms with E-state index < -0.39 is 16.1 Å². The Labute approximate surface area is 199 Å². The Balaban J connectivity index is 1.45. The van der Waals surface area contributed by atoms with E-state index in [2.05, 4.69) is 10.3 Å². The third-order valence-corrected chi connectivity index (χ3v) is 8.25. The molecule has 4 rings (SSSR count). The van der Waals surface area contributed by atoms with Crippen molar-refractivity contribution < 1.29 is 13.2 Å². The molecule has 2 heterocycles. The number of aromatic nitrogens is 2. The Morgan fingerprint density at radius 3 is 2.30 bits per heavy atom. The summed E-state index contributed by atoms with van der Waals surface area (Å²) >= 11 is 6.04. The molecule has 1 amide bonds. The van der Waals surface area contributed by atoms with Gasteiger partial charge in [0.25, 0.3) is 0 Å². The number of carbonyl (C=O) groups is 1. The smallest absolute Gasteiger partial charge is 0.243 e. The molecule has 0 unspecified atom stereocenters. The second-order valence-corrected chi connectivity index (χ2v) is 10.8. The molecule has 1 N–H and O–H groups in total.